The summed E-state index contributed by atoms with van der Waals surface area (Å²) in [5.74, 6) is 2.08. The van der Waals surface area contributed by atoms with Gasteiger partial charge in [0, 0.05) is 39.0 Å². The topological polar surface area (TPSA) is 63.1 Å². The van der Waals surface area contributed by atoms with E-state index in [1.54, 1.807) is 0 Å². The molecule has 1 aromatic carbocycles. The smallest absolute Gasteiger partial charge is 0.317 e. The predicted molar refractivity (Wildman–Crippen MR) is 105 cm³/mol. The minimum absolute atomic E-state index is 0.0495. The first-order chi connectivity index (χ1) is 13.2. The lowest BCUT2D eigenvalue weighted by molar-refractivity contribution is 0.199. The van der Waals surface area contributed by atoms with Crippen molar-refractivity contribution in [3.05, 3.63) is 47.5 Å². The van der Waals surface area contributed by atoms with Gasteiger partial charge in [-0.1, -0.05) is 37.3 Å². The Balaban J connectivity index is 1.29. The first-order valence-corrected chi connectivity index (χ1v) is 10.1. The number of carbonyl (C=O) groups is 1. The van der Waals surface area contributed by atoms with Gasteiger partial charge in [-0.25, -0.2) is 4.79 Å². The van der Waals surface area contributed by atoms with Gasteiger partial charge in [0.15, 0.2) is 0 Å². The zero-order valence-corrected chi connectivity index (χ0v) is 16.2. The molecule has 0 saturated carbocycles. The van der Waals surface area contributed by atoms with Crippen LogP contribution in [0.25, 0.3) is 0 Å². The Morgan fingerprint density at radius 3 is 2.81 bits per heavy atom. The monoisotopic (exact) mass is 367 g/mol. The van der Waals surface area contributed by atoms with Crippen molar-refractivity contribution in [2.45, 2.75) is 57.4 Å². The standard InChI is InChI=1S/C21H29N5O/c1-21(17-7-3-2-4-8-17)11-6-14-25(16-12-21)20(27)22-13-10-19-24-23-18-9-5-15-26(18)19/h2-4,7-8H,5-6,9-16H2,1H3,(H,22,27). The fraction of sp³-hybridized carbons (Fsp3) is 0.571. The summed E-state index contributed by atoms with van der Waals surface area (Å²) in [6.07, 6.45) is 6.07. The predicted octanol–water partition coefficient (Wildman–Crippen LogP) is 2.92. The van der Waals surface area contributed by atoms with Crippen molar-refractivity contribution in [1.82, 2.24) is 25.0 Å². The van der Waals surface area contributed by atoms with Gasteiger partial charge >= 0.3 is 6.03 Å². The molecule has 0 aliphatic carbocycles. The molecule has 6 nitrogen and oxygen atoms in total. The van der Waals surface area contributed by atoms with Gasteiger partial charge in [-0.05, 0) is 36.7 Å². The second kappa shape index (κ2) is 7.71. The molecule has 3 heterocycles. The number of fused-ring (bicyclic) bond motifs is 1. The van der Waals surface area contributed by atoms with Crippen LogP contribution in [0.5, 0.6) is 0 Å². The highest BCUT2D eigenvalue weighted by molar-refractivity contribution is 5.74. The highest BCUT2D eigenvalue weighted by Gasteiger charge is 2.30. The maximum atomic E-state index is 12.6. The first kappa shape index (κ1) is 18.0. The van der Waals surface area contributed by atoms with Crippen molar-refractivity contribution in [1.29, 1.82) is 0 Å². The third kappa shape index (κ3) is 3.84. The molecule has 144 valence electrons. The zero-order valence-electron chi connectivity index (χ0n) is 16.2. The third-order valence-electron chi connectivity index (χ3n) is 6.16. The number of aromatic nitrogens is 3. The van der Waals surface area contributed by atoms with Gasteiger partial charge in [0.2, 0.25) is 0 Å². The average molecular weight is 367 g/mol. The van der Waals surface area contributed by atoms with Gasteiger partial charge < -0.3 is 14.8 Å². The van der Waals surface area contributed by atoms with Gasteiger partial charge in [-0.15, -0.1) is 10.2 Å². The summed E-state index contributed by atoms with van der Waals surface area (Å²) in [6.45, 7) is 5.58. The molecule has 1 aromatic heterocycles. The molecule has 27 heavy (non-hydrogen) atoms. The first-order valence-electron chi connectivity index (χ1n) is 10.1. The van der Waals surface area contributed by atoms with E-state index in [-0.39, 0.29) is 11.4 Å². The van der Waals surface area contributed by atoms with Gasteiger partial charge in [-0.3, -0.25) is 0 Å². The number of hydrogen-bond donors (Lipinski definition) is 1. The number of amides is 2. The second-order valence-electron chi connectivity index (χ2n) is 8.04. The fourth-order valence-corrected chi connectivity index (χ4v) is 4.40. The molecular weight excluding hydrogens is 338 g/mol. The maximum absolute atomic E-state index is 12.6. The molecule has 2 aliphatic rings. The number of hydrogen-bond acceptors (Lipinski definition) is 3. The van der Waals surface area contributed by atoms with E-state index in [1.165, 1.54) is 5.56 Å². The summed E-state index contributed by atoms with van der Waals surface area (Å²) < 4.78 is 2.20. The number of nitrogens with one attached hydrogen (secondary N) is 1. The molecule has 2 amide bonds. The van der Waals surface area contributed by atoms with E-state index in [0.29, 0.717) is 6.54 Å². The molecule has 1 fully saturated rings. The third-order valence-corrected chi connectivity index (χ3v) is 6.16. The van der Waals surface area contributed by atoms with E-state index >= 15 is 0 Å². The Kier molecular flexibility index (Phi) is 5.14. The molecule has 1 saturated heterocycles. The van der Waals surface area contributed by atoms with Crippen LogP contribution < -0.4 is 5.32 Å². The largest absolute Gasteiger partial charge is 0.338 e. The molecular formula is C21H29N5O. The van der Waals surface area contributed by atoms with Crippen molar-refractivity contribution in [2.75, 3.05) is 19.6 Å². The minimum atomic E-state index is 0.0495. The van der Waals surface area contributed by atoms with E-state index < -0.39 is 0 Å². The van der Waals surface area contributed by atoms with Crippen molar-refractivity contribution in [3.8, 4) is 0 Å². The molecule has 2 aliphatic heterocycles. The van der Waals surface area contributed by atoms with Crippen LogP contribution >= 0.6 is 0 Å². The van der Waals surface area contributed by atoms with E-state index in [9.17, 15) is 4.79 Å². The molecule has 0 bridgehead atoms. The summed E-state index contributed by atoms with van der Waals surface area (Å²) in [7, 11) is 0. The van der Waals surface area contributed by atoms with Crippen molar-refractivity contribution >= 4 is 6.03 Å². The Morgan fingerprint density at radius 2 is 1.96 bits per heavy atom. The van der Waals surface area contributed by atoms with Gasteiger partial charge in [0.1, 0.15) is 11.6 Å². The molecule has 6 heteroatoms. The molecule has 1 N–H and O–H groups in total. The minimum Gasteiger partial charge on any atom is -0.338 e. The Morgan fingerprint density at radius 1 is 1.11 bits per heavy atom. The van der Waals surface area contributed by atoms with Crippen LogP contribution in [0.1, 0.15) is 49.8 Å². The number of carbonyl (C=O) groups excluding carboxylic acids is 1. The highest BCUT2D eigenvalue weighted by atomic mass is 16.2. The quantitative estimate of drug-likeness (QED) is 0.904. The number of urea groups is 1. The summed E-state index contributed by atoms with van der Waals surface area (Å²) >= 11 is 0. The van der Waals surface area contributed by atoms with E-state index in [0.717, 1.165) is 69.8 Å². The second-order valence-corrected chi connectivity index (χ2v) is 8.04. The van der Waals surface area contributed by atoms with Crippen LogP contribution in [0.15, 0.2) is 30.3 Å². The summed E-state index contributed by atoms with van der Waals surface area (Å²) in [5.41, 5.74) is 1.53. The van der Waals surface area contributed by atoms with Crippen molar-refractivity contribution < 1.29 is 4.79 Å². The summed E-state index contributed by atoms with van der Waals surface area (Å²) in [5, 5.41) is 11.6. The number of benzene rings is 1. The van der Waals surface area contributed by atoms with Gasteiger partial charge in [-0.2, -0.15) is 0 Å². The Hall–Kier alpha value is -2.37. The van der Waals surface area contributed by atoms with Crippen LogP contribution in [0.2, 0.25) is 0 Å². The average Bonchev–Trinajstić information content (AvgIpc) is 3.24. The fourth-order valence-electron chi connectivity index (χ4n) is 4.40. The summed E-state index contributed by atoms with van der Waals surface area (Å²) in [4.78, 5) is 14.6. The van der Waals surface area contributed by atoms with Crippen molar-refractivity contribution in [2.24, 2.45) is 0 Å². The van der Waals surface area contributed by atoms with E-state index in [4.69, 9.17) is 0 Å². The maximum Gasteiger partial charge on any atom is 0.317 e. The molecule has 1 unspecified atom stereocenters. The van der Waals surface area contributed by atoms with Crippen LogP contribution in [-0.2, 0) is 24.8 Å². The lowest BCUT2D eigenvalue weighted by atomic mass is 9.76. The van der Waals surface area contributed by atoms with Crippen LogP contribution in [0, 0.1) is 0 Å². The molecule has 4 rings (SSSR count). The number of aryl methyl sites for hydroxylation is 1. The normalized spacial score (nSPS) is 22.3. The van der Waals surface area contributed by atoms with Gasteiger partial charge in [0.05, 0.1) is 0 Å². The van der Waals surface area contributed by atoms with Gasteiger partial charge in [0.25, 0.3) is 0 Å². The highest BCUT2D eigenvalue weighted by Crippen LogP contribution is 2.34. The zero-order chi connectivity index (χ0) is 18.7. The van der Waals surface area contributed by atoms with Crippen molar-refractivity contribution in [3.63, 3.8) is 0 Å². The van der Waals surface area contributed by atoms with Crippen LogP contribution in [0.3, 0.4) is 0 Å². The lowest BCUT2D eigenvalue weighted by Gasteiger charge is -2.29. The Labute approximate surface area is 161 Å². The number of rotatable bonds is 4. The molecule has 1 atom stereocenters. The number of nitrogens with zero attached hydrogens (tertiary/aromatic N) is 4. The Bertz CT molecular complexity index is 787. The molecule has 0 radical (unpaired) electrons. The van der Waals surface area contributed by atoms with Crippen LogP contribution in [-0.4, -0.2) is 45.3 Å². The van der Waals surface area contributed by atoms with E-state index in [1.807, 2.05) is 4.90 Å². The lowest BCUT2D eigenvalue weighted by Crippen LogP contribution is -2.41. The summed E-state index contributed by atoms with van der Waals surface area (Å²) in [6, 6.07) is 10.8. The molecule has 2 aromatic rings. The SMILES string of the molecule is CC1(c2ccccc2)CCCN(C(=O)NCCc2nnc3n2CCC3)CC1. The molecule has 0 spiro atoms. The van der Waals surface area contributed by atoms with E-state index in [2.05, 4.69) is 57.3 Å². The van der Waals surface area contributed by atoms with Crippen LogP contribution in [0.4, 0.5) is 4.79 Å². The number of likely N-dealkylation sites (tertiary alicyclic amines) is 1.